The van der Waals surface area contributed by atoms with Crippen LogP contribution in [0.4, 0.5) is 0 Å². The second-order valence-corrected chi connectivity index (χ2v) is 7.18. The summed E-state index contributed by atoms with van der Waals surface area (Å²) in [6.07, 6.45) is -0.228. The first kappa shape index (κ1) is 16.0. The van der Waals surface area contributed by atoms with E-state index in [4.69, 9.17) is 9.47 Å². The molecule has 1 unspecified atom stereocenters. The molecule has 1 saturated heterocycles. The molecule has 1 heterocycles. The molecule has 23 heavy (non-hydrogen) atoms. The fraction of sp³-hybridized carbons (Fsp3) is 0.294. The van der Waals surface area contributed by atoms with Gasteiger partial charge in [-0.25, -0.2) is 8.42 Å². The highest BCUT2D eigenvalue weighted by Crippen LogP contribution is 2.29. The van der Waals surface area contributed by atoms with Gasteiger partial charge in [0.1, 0.15) is 12.5 Å². The molecule has 1 aliphatic rings. The van der Waals surface area contributed by atoms with Crippen molar-refractivity contribution in [1.29, 1.82) is 0 Å². The number of sulfonamides is 1. The fourth-order valence-electron chi connectivity index (χ4n) is 2.52. The van der Waals surface area contributed by atoms with Gasteiger partial charge in [0.05, 0.1) is 17.6 Å². The van der Waals surface area contributed by atoms with Crippen LogP contribution in [0, 0.1) is 0 Å². The first-order valence-corrected chi connectivity index (χ1v) is 8.95. The Bertz CT molecular complexity index is 744. The molecule has 2 aromatic rings. The topological polar surface area (TPSA) is 55.8 Å². The van der Waals surface area contributed by atoms with Crippen molar-refractivity contribution in [2.45, 2.75) is 17.9 Å². The third kappa shape index (κ3) is 3.39. The number of rotatable bonds is 5. The molecule has 1 fully saturated rings. The van der Waals surface area contributed by atoms with Crippen molar-refractivity contribution in [3.05, 3.63) is 60.2 Å². The van der Waals surface area contributed by atoms with Gasteiger partial charge in [-0.3, -0.25) is 0 Å². The SMILES string of the molecule is CCOc1ccc(S(=O)(=O)N2COC(c3ccccc3)C2)cc1. The Hall–Kier alpha value is -1.89. The van der Waals surface area contributed by atoms with Gasteiger partial charge in [-0.15, -0.1) is 0 Å². The van der Waals surface area contributed by atoms with Crippen LogP contribution >= 0.6 is 0 Å². The van der Waals surface area contributed by atoms with E-state index in [9.17, 15) is 8.42 Å². The molecule has 3 rings (SSSR count). The normalized spacial score (nSPS) is 18.9. The molecule has 0 aromatic heterocycles. The molecular weight excluding hydrogens is 314 g/mol. The Morgan fingerprint density at radius 2 is 1.83 bits per heavy atom. The summed E-state index contributed by atoms with van der Waals surface area (Å²) >= 11 is 0. The van der Waals surface area contributed by atoms with Crippen LogP contribution in [0.25, 0.3) is 0 Å². The zero-order valence-corrected chi connectivity index (χ0v) is 13.7. The predicted octanol–water partition coefficient (Wildman–Crippen LogP) is 2.81. The summed E-state index contributed by atoms with van der Waals surface area (Å²) in [6.45, 7) is 2.81. The third-order valence-corrected chi connectivity index (χ3v) is 5.54. The Kier molecular flexibility index (Phi) is 4.66. The zero-order chi connectivity index (χ0) is 16.3. The van der Waals surface area contributed by atoms with Gasteiger partial charge in [0.15, 0.2) is 0 Å². The summed E-state index contributed by atoms with van der Waals surface area (Å²) in [5.74, 6) is 0.659. The van der Waals surface area contributed by atoms with Crippen LogP contribution in [0.2, 0.25) is 0 Å². The van der Waals surface area contributed by atoms with E-state index in [-0.39, 0.29) is 17.7 Å². The lowest BCUT2D eigenvalue weighted by Gasteiger charge is -2.15. The van der Waals surface area contributed by atoms with Crippen LogP contribution in [-0.4, -0.2) is 32.6 Å². The van der Waals surface area contributed by atoms with E-state index in [0.717, 1.165) is 5.56 Å². The molecule has 0 saturated carbocycles. The zero-order valence-electron chi connectivity index (χ0n) is 12.9. The van der Waals surface area contributed by atoms with Gasteiger partial charge in [0.2, 0.25) is 10.0 Å². The molecule has 0 amide bonds. The maximum Gasteiger partial charge on any atom is 0.245 e. The fourth-order valence-corrected chi connectivity index (χ4v) is 3.83. The van der Waals surface area contributed by atoms with Crippen LogP contribution in [0.3, 0.4) is 0 Å². The minimum absolute atomic E-state index is 0.0646. The lowest BCUT2D eigenvalue weighted by atomic mass is 10.1. The van der Waals surface area contributed by atoms with Crippen LogP contribution in [0.1, 0.15) is 18.6 Å². The summed E-state index contributed by atoms with van der Waals surface area (Å²) in [5.41, 5.74) is 0.983. The maximum atomic E-state index is 12.7. The van der Waals surface area contributed by atoms with E-state index in [0.29, 0.717) is 18.9 Å². The largest absolute Gasteiger partial charge is 0.494 e. The smallest absolute Gasteiger partial charge is 0.245 e. The lowest BCUT2D eigenvalue weighted by molar-refractivity contribution is 0.104. The van der Waals surface area contributed by atoms with Gasteiger partial charge >= 0.3 is 0 Å². The number of hydrogen-bond donors (Lipinski definition) is 0. The van der Waals surface area contributed by atoms with Crippen molar-refractivity contribution >= 4 is 10.0 Å². The molecule has 2 aromatic carbocycles. The molecule has 0 spiro atoms. The molecule has 122 valence electrons. The third-order valence-electron chi connectivity index (χ3n) is 3.73. The highest BCUT2D eigenvalue weighted by Gasteiger charge is 2.33. The van der Waals surface area contributed by atoms with Gasteiger partial charge in [-0.2, -0.15) is 4.31 Å². The molecular formula is C17H19NO4S. The summed E-state index contributed by atoms with van der Waals surface area (Å²) in [6, 6.07) is 16.1. The maximum absolute atomic E-state index is 12.7. The standard InChI is InChI=1S/C17H19NO4S/c1-2-21-15-8-10-16(11-9-15)23(19,20)18-12-17(22-13-18)14-6-4-3-5-7-14/h3-11,17H,2,12-13H2,1H3. The summed E-state index contributed by atoms with van der Waals surface area (Å²) < 4.78 is 37.7. The van der Waals surface area contributed by atoms with Crippen molar-refractivity contribution in [2.75, 3.05) is 19.9 Å². The van der Waals surface area contributed by atoms with Crippen LogP contribution in [-0.2, 0) is 14.8 Å². The van der Waals surface area contributed by atoms with Crippen molar-refractivity contribution in [1.82, 2.24) is 4.31 Å². The van der Waals surface area contributed by atoms with Crippen molar-refractivity contribution in [3.8, 4) is 5.75 Å². The molecule has 0 radical (unpaired) electrons. The van der Waals surface area contributed by atoms with Crippen LogP contribution in [0.15, 0.2) is 59.5 Å². The van der Waals surface area contributed by atoms with E-state index < -0.39 is 10.0 Å². The lowest BCUT2D eigenvalue weighted by Crippen LogP contribution is -2.28. The number of benzene rings is 2. The van der Waals surface area contributed by atoms with E-state index in [1.807, 2.05) is 37.3 Å². The van der Waals surface area contributed by atoms with Crippen LogP contribution < -0.4 is 4.74 Å². The number of ether oxygens (including phenoxy) is 2. The predicted molar refractivity (Wildman–Crippen MR) is 86.6 cm³/mol. The minimum atomic E-state index is -3.56. The van der Waals surface area contributed by atoms with Crippen molar-refractivity contribution in [2.24, 2.45) is 0 Å². The monoisotopic (exact) mass is 333 g/mol. The van der Waals surface area contributed by atoms with Crippen molar-refractivity contribution in [3.63, 3.8) is 0 Å². The summed E-state index contributed by atoms with van der Waals surface area (Å²) in [5, 5.41) is 0. The van der Waals surface area contributed by atoms with Gasteiger partial charge in [0, 0.05) is 6.54 Å². The number of nitrogens with zero attached hydrogens (tertiary/aromatic N) is 1. The second-order valence-electron chi connectivity index (χ2n) is 5.24. The first-order valence-electron chi connectivity index (χ1n) is 7.51. The van der Waals surface area contributed by atoms with Gasteiger partial charge < -0.3 is 9.47 Å². The van der Waals surface area contributed by atoms with E-state index in [1.54, 1.807) is 24.3 Å². The summed E-state index contributed by atoms with van der Waals surface area (Å²) in [7, 11) is -3.56. The molecule has 0 aliphatic carbocycles. The molecule has 0 bridgehead atoms. The highest BCUT2D eigenvalue weighted by molar-refractivity contribution is 7.89. The van der Waals surface area contributed by atoms with Crippen molar-refractivity contribution < 1.29 is 17.9 Å². The number of hydrogen-bond acceptors (Lipinski definition) is 4. The Labute approximate surface area is 136 Å². The Morgan fingerprint density at radius 3 is 2.48 bits per heavy atom. The summed E-state index contributed by atoms with van der Waals surface area (Å²) in [4.78, 5) is 0.248. The average molecular weight is 333 g/mol. The van der Waals surface area contributed by atoms with E-state index in [1.165, 1.54) is 4.31 Å². The molecule has 0 N–H and O–H groups in total. The quantitative estimate of drug-likeness (QED) is 0.844. The first-order chi connectivity index (χ1) is 11.1. The average Bonchev–Trinajstić information content (AvgIpc) is 3.07. The Morgan fingerprint density at radius 1 is 1.13 bits per heavy atom. The Balaban J connectivity index is 1.76. The van der Waals surface area contributed by atoms with Gasteiger partial charge in [-0.05, 0) is 36.8 Å². The van der Waals surface area contributed by atoms with Crippen LogP contribution in [0.5, 0.6) is 5.75 Å². The van der Waals surface area contributed by atoms with Gasteiger partial charge in [0.25, 0.3) is 0 Å². The second kappa shape index (κ2) is 6.70. The highest BCUT2D eigenvalue weighted by atomic mass is 32.2. The molecule has 1 atom stereocenters. The molecule has 6 heteroatoms. The molecule has 5 nitrogen and oxygen atoms in total. The minimum Gasteiger partial charge on any atom is -0.494 e. The van der Waals surface area contributed by atoms with E-state index in [2.05, 4.69) is 0 Å². The molecule has 1 aliphatic heterocycles. The van der Waals surface area contributed by atoms with E-state index >= 15 is 0 Å². The van der Waals surface area contributed by atoms with Gasteiger partial charge in [-0.1, -0.05) is 30.3 Å².